The summed E-state index contributed by atoms with van der Waals surface area (Å²) in [5.41, 5.74) is -0.838. The molecule has 0 atom stereocenters. The van der Waals surface area contributed by atoms with E-state index in [0.717, 1.165) is 25.6 Å². The molecule has 1 aromatic rings. The molecule has 0 radical (unpaired) electrons. The molecule has 1 heterocycles. The lowest BCUT2D eigenvalue weighted by atomic mass is 10.4. The summed E-state index contributed by atoms with van der Waals surface area (Å²) in [6.45, 7) is 2.91. The molecule has 0 bridgehead atoms. The van der Waals surface area contributed by atoms with Gasteiger partial charge in [0.25, 0.3) is 0 Å². The minimum Gasteiger partial charge on any atom is -0.315 e. The summed E-state index contributed by atoms with van der Waals surface area (Å²) in [4.78, 5) is 2.09. The molecule has 0 unspecified atom stereocenters. The van der Waals surface area contributed by atoms with E-state index < -0.39 is 11.9 Å². The summed E-state index contributed by atoms with van der Waals surface area (Å²) in [5.74, 6) is 0. The number of nitrogens with zero attached hydrogens (tertiary/aromatic N) is 3. The molecular weight excluding hydrogens is 245 g/mol. The van der Waals surface area contributed by atoms with Gasteiger partial charge in [-0.2, -0.15) is 18.3 Å². The molecule has 0 aromatic carbocycles. The van der Waals surface area contributed by atoms with E-state index in [0.29, 0.717) is 13.1 Å². The third-order valence-electron chi connectivity index (χ3n) is 2.41. The van der Waals surface area contributed by atoms with E-state index in [9.17, 15) is 13.2 Å². The second-order valence-electron chi connectivity index (χ2n) is 4.37. The second kappa shape index (κ2) is 6.75. The molecule has 104 valence electrons. The van der Waals surface area contributed by atoms with E-state index in [1.165, 1.54) is 10.9 Å². The van der Waals surface area contributed by atoms with Gasteiger partial charge in [-0.25, -0.2) is 0 Å². The normalized spacial score (nSPS) is 12.3. The van der Waals surface area contributed by atoms with Gasteiger partial charge in [-0.05, 0) is 39.7 Å². The van der Waals surface area contributed by atoms with Crippen LogP contribution >= 0.6 is 0 Å². The molecule has 7 heteroatoms. The van der Waals surface area contributed by atoms with Crippen LogP contribution in [0.15, 0.2) is 12.3 Å². The Bertz CT molecular complexity index is 346. The summed E-state index contributed by atoms with van der Waals surface area (Å²) in [7, 11) is 4.00. The summed E-state index contributed by atoms with van der Waals surface area (Å²) < 4.78 is 38.1. The van der Waals surface area contributed by atoms with Crippen LogP contribution in [0, 0.1) is 0 Å². The van der Waals surface area contributed by atoms with Crippen LogP contribution in [0.3, 0.4) is 0 Å². The van der Waals surface area contributed by atoms with E-state index in [2.05, 4.69) is 15.3 Å². The first-order chi connectivity index (χ1) is 8.39. The smallest absolute Gasteiger partial charge is 0.315 e. The van der Waals surface area contributed by atoms with E-state index in [1.807, 2.05) is 14.1 Å². The zero-order chi connectivity index (χ0) is 13.6. The number of halogens is 3. The maximum Gasteiger partial charge on any atom is 0.435 e. The second-order valence-corrected chi connectivity index (χ2v) is 4.37. The first kappa shape index (κ1) is 15.0. The fourth-order valence-corrected chi connectivity index (χ4v) is 1.48. The average Bonchev–Trinajstić information content (AvgIpc) is 2.71. The van der Waals surface area contributed by atoms with Gasteiger partial charge in [0, 0.05) is 12.7 Å². The standard InChI is InChI=1S/C11H19F3N4/c1-17(2)7-3-5-15-6-9-18-8-4-10(16-18)11(12,13)14/h4,8,15H,3,5-7,9H2,1-2H3. The van der Waals surface area contributed by atoms with Crippen LogP contribution in [0.25, 0.3) is 0 Å². The first-order valence-corrected chi connectivity index (χ1v) is 5.85. The van der Waals surface area contributed by atoms with Gasteiger partial charge in [-0.15, -0.1) is 0 Å². The van der Waals surface area contributed by atoms with Crippen molar-refractivity contribution in [3.05, 3.63) is 18.0 Å². The maximum atomic E-state index is 12.3. The van der Waals surface area contributed by atoms with Crippen molar-refractivity contribution in [2.45, 2.75) is 19.1 Å². The van der Waals surface area contributed by atoms with E-state index in [4.69, 9.17) is 0 Å². The minimum absolute atomic E-state index is 0.443. The van der Waals surface area contributed by atoms with E-state index in [-0.39, 0.29) is 0 Å². The number of nitrogens with one attached hydrogen (secondary N) is 1. The van der Waals surface area contributed by atoms with Crippen LogP contribution in [-0.2, 0) is 12.7 Å². The molecule has 0 spiro atoms. The molecule has 18 heavy (non-hydrogen) atoms. The Balaban J connectivity index is 2.18. The lowest BCUT2D eigenvalue weighted by Gasteiger charge is -2.09. The largest absolute Gasteiger partial charge is 0.435 e. The molecule has 1 rings (SSSR count). The summed E-state index contributed by atoms with van der Waals surface area (Å²) in [6, 6.07) is 0.992. The Labute approximate surface area is 105 Å². The Morgan fingerprint density at radius 1 is 1.33 bits per heavy atom. The topological polar surface area (TPSA) is 33.1 Å². The van der Waals surface area contributed by atoms with Crippen molar-refractivity contribution in [2.24, 2.45) is 0 Å². The Kier molecular flexibility index (Phi) is 5.61. The highest BCUT2D eigenvalue weighted by molar-refractivity contribution is 5.03. The fraction of sp³-hybridized carbons (Fsp3) is 0.727. The van der Waals surface area contributed by atoms with Crippen molar-refractivity contribution in [2.75, 3.05) is 33.7 Å². The van der Waals surface area contributed by atoms with Crippen LogP contribution < -0.4 is 5.32 Å². The molecule has 0 saturated carbocycles. The third kappa shape index (κ3) is 5.50. The predicted molar refractivity (Wildman–Crippen MR) is 63.3 cm³/mol. The molecular formula is C11H19F3N4. The van der Waals surface area contributed by atoms with Gasteiger partial charge in [0.2, 0.25) is 0 Å². The molecule has 0 aliphatic carbocycles. The summed E-state index contributed by atoms with van der Waals surface area (Å²) >= 11 is 0. The molecule has 4 nitrogen and oxygen atoms in total. The molecule has 0 amide bonds. The van der Waals surface area contributed by atoms with Gasteiger partial charge < -0.3 is 10.2 Å². The quantitative estimate of drug-likeness (QED) is 0.757. The monoisotopic (exact) mass is 264 g/mol. The van der Waals surface area contributed by atoms with Crippen molar-refractivity contribution < 1.29 is 13.2 Å². The predicted octanol–water partition coefficient (Wildman–Crippen LogP) is 1.44. The van der Waals surface area contributed by atoms with Crippen LogP contribution in [-0.4, -0.2) is 48.4 Å². The number of rotatable bonds is 7. The summed E-state index contributed by atoms with van der Waals surface area (Å²) in [6.07, 6.45) is -1.99. The lowest BCUT2D eigenvalue weighted by Crippen LogP contribution is -2.24. The van der Waals surface area contributed by atoms with Gasteiger partial charge in [0.15, 0.2) is 5.69 Å². The highest BCUT2D eigenvalue weighted by Crippen LogP contribution is 2.26. The highest BCUT2D eigenvalue weighted by atomic mass is 19.4. The summed E-state index contributed by atoms with van der Waals surface area (Å²) in [5, 5.41) is 6.64. The number of hydrogen-bond donors (Lipinski definition) is 1. The van der Waals surface area contributed by atoms with Crippen LogP contribution in [0.5, 0.6) is 0 Å². The molecule has 0 fully saturated rings. The maximum absolute atomic E-state index is 12.3. The molecule has 0 aliphatic heterocycles. The Morgan fingerprint density at radius 3 is 2.61 bits per heavy atom. The van der Waals surface area contributed by atoms with Crippen LogP contribution in [0.1, 0.15) is 12.1 Å². The van der Waals surface area contributed by atoms with E-state index >= 15 is 0 Å². The van der Waals surface area contributed by atoms with Crippen molar-refractivity contribution in [3.63, 3.8) is 0 Å². The first-order valence-electron chi connectivity index (χ1n) is 5.85. The number of aromatic nitrogens is 2. The third-order valence-corrected chi connectivity index (χ3v) is 2.41. The minimum atomic E-state index is -4.36. The van der Waals surface area contributed by atoms with Crippen molar-refractivity contribution in [1.29, 1.82) is 0 Å². The SMILES string of the molecule is CN(C)CCCNCCn1ccc(C(F)(F)F)n1. The van der Waals surface area contributed by atoms with Gasteiger partial charge in [0.05, 0.1) is 6.54 Å². The fourth-order valence-electron chi connectivity index (χ4n) is 1.48. The van der Waals surface area contributed by atoms with Crippen LogP contribution in [0.2, 0.25) is 0 Å². The average molecular weight is 264 g/mol. The number of alkyl halides is 3. The molecule has 0 saturated heterocycles. The molecule has 1 aromatic heterocycles. The lowest BCUT2D eigenvalue weighted by molar-refractivity contribution is -0.141. The zero-order valence-corrected chi connectivity index (χ0v) is 10.7. The highest BCUT2D eigenvalue weighted by Gasteiger charge is 2.33. The number of hydrogen-bond acceptors (Lipinski definition) is 3. The van der Waals surface area contributed by atoms with Gasteiger partial charge in [0.1, 0.15) is 0 Å². The van der Waals surface area contributed by atoms with E-state index in [1.54, 1.807) is 0 Å². The molecule has 1 N–H and O–H groups in total. The zero-order valence-electron chi connectivity index (χ0n) is 10.7. The van der Waals surface area contributed by atoms with Crippen LogP contribution in [0.4, 0.5) is 13.2 Å². The molecule has 0 aliphatic rings. The van der Waals surface area contributed by atoms with Crippen molar-refractivity contribution in [3.8, 4) is 0 Å². The van der Waals surface area contributed by atoms with Gasteiger partial charge in [-0.1, -0.05) is 0 Å². The van der Waals surface area contributed by atoms with Crippen molar-refractivity contribution in [1.82, 2.24) is 20.0 Å². The Morgan fingerprint density at radius 2 is 2.06 bits per heavy atom. The van der Waals surface area contributed by atoms with Crippen molar-refractivity contribution >= 4 is 0 Å². The Hall–Kier alpha value is -1.08. The van der Waals surface area contributed by atoms with Gasteiger partial charge >= 0.3 is 6.18 Å². The van der Waals surface area contributed by atoms with Gasteiger partial charge in [-0.3, -0.25) is 4.68 Å².